The number of rotatable bonds is 4. The zero-order chi connectivity index (χ0) is 23.9. The van der Waals surface area contributed by atoms with Gasteiger partial charge in [-0.3, -0.25) is 14.5 Å². The van der Waals surface area contributed by atoms with Gasteiger partial charge in [0.1, 0.15) is 18.2 Å². The van der Waals surface area contributed by atoms with Crippen molar-refractivity contribution >= 4 is 34.1 Å². The van der Waals surface area contributed by atoms with Gasteiger partial charge in [-0.1, -0.05) is 0 Å². The fraction of sp³-hybridized carbons (Fsp3) is 0.167. The number of nitrogens with two attached hydrogens (primary N) is 1. The van der Waals surface area contributed by atoms with Gasteiger partial charge in [-0.05, 0) is 30.0 Å². The molecular formula is C24H22N10O. The van der Waals surface area contributed by atoms with E-state index in [1.165, 1.54) is 0 Å². The third-order valence-corrected chi connectivity index (χ3v) is 6.11. The molecule has 0 fully saturated rings. The summed E-state index contributed by atoms with van der Waals surface area (Å²) in [7, 11) is 0. The number of amides is 1. The Hall–Kier alpha value is -4.80. The Kier molecular flexibility index (Phi) is 4.87. The highest BCUT2D eigenvalue weighted by molar-refractivity contribution is 5.95. The SMILES string of the molecule is Cc1c(-c2cc3cc(Nc4cc5n(n4)CC(=O)NCC5)ncc3c(N)n2)cncc1-n1ccnc1. The maximum absolute atomic E-state index is 11.8. The van der Waals surface area contributed by atoms with E-state index in [-0.39, 0.29) is 12.5 Å². The summed E-state index contributed by atoms with van der Waals surface area (Å²) in [5, 5.41) is 12.3. The molecule has 0 saturated carbocycles. The van der Waals surface area contributed by atoms with Crippen molar-refractivity contribution < 1.29 is 4.79 Å². The molecule has 0 aliphatic carbocycles. The van der Waals surface area contributed by atoms with Crippen LogP contribution in [0.15, 0.2) is 55.5 Å². The number of hydrogen-bond acceptors (Lipinski definition) is 8. The largest absolute Gasteiger partial charge is 0.383 e. The van der Waals surface area contributed by atoms with Crippen molar-refractivity contribution in [3.05, 3.63) is 66.8 Å². The van der Waals surface area contributed by atoms with Gasteiger partial charge in [0.15, 0.2) is 5.82 Å². The van der Waals surface area contributed by atoms with Crippen molar-refractivity contribution in [2.24, 2.45) is 0 Å². The molecule has 0 atom stereocenters. The standard InChI is InChI=1S/C24H22N10O/c1-14-17(9-27-11-20(14)33-5-4-26-13-33)19-6-15-7-21(29-10-18(15)24(25)30-19)31-22-8-16-2-3-28-23(35)12-34(16)32-22/h4-11,13H,2-3,12H2,1H3,(H2,25,30)(H,28,35)(H,29,31,32). The van der Waals surface area contributed by atoms with Crippen molar-refractivity contribution in [2.45, 2.75) is 19.9 Å². The maximum atomic E-state index is 11.8. The molecule has 0 spiro atoms. The number of pyridine rings is 3. The molecular weight excluding hydrogens is 444 g/mol. The molecule has 11 heteroatoms. The first-order chi connectivity index (χ1) is 17.0. The summed E-state index contributed by atoms with van der Waals surface area (Å²) in [6, 6.07) is 5.83. The van der Waals surface area contributed by atoms with E-state index in [0.29, 0.717) is 24.0 Å². The molecule has 1 aliphatic rings. The van der Waals surface area contributed by atoms with Crippen LogP contribution in [0.2, 0.25) is 0 Å². The number of nitrogens with zero attached hydrogens (tertiary/aromatic N) is 7. The molecule has 11 nitrogen and oxygen atoms in total. The molecule has 5 aromatic rings. The third-order valence-electron chi connectivity index (χ3n) is 6.11. The smallest absolute Gasteiger partial charge is 0.241 e. The summed E-state index contributed by atoms with van der Waals surface area (Å²) in [5.74, 6) is 1.61. The van der Waals surface area contributed by atoms with E-state index < -0.39 is 0 Å². The highest BCUT2D eigenvalue weighted by atomic mass is 16.2. The Labute approximate surface area is 200 Å². The molecule has 0 bridgehead atoms. The Morgan fingerprint density at radius 2 is 2.03 bits per heavy atom. The zero-order valence-corrected chi connectivity index (χ0v) is 18.9. The number of carbonyl (C=O) groups is 1. The molecule has 35 heavy (non-hydrogen) atoms. The predicted molar refractivity (Wildman–Crippen MR) is 131 cm³/mol. The second kappa shape index (κ2) is 8.20. The van der Waals surface area contributed by atoms with Crippen LogP contribution < -0.4 is 16.4 Å². The molecule has 6 rings (SSSR count). The van der Waals surface area contributed by atoms with E-state index in [9.17, 15) is 4.79 Å². The summed E-state index contributed by atoms with van der Waals surface area (Å²) < 4.78 is 3.63. The summed E-state index contributed by atoms with van der Waals surface area (Å²) in [4.78, 5) is 29.5. The van der Waals surface area contributed by atoms with E-state index in [4.69, 9.17) is 5.73 Å². The third kappa shape index (κ3) is 3.82. The van der Waals surface area contributed by atoms with E-state index in [0.717, 1.165) is 45.4 Å². The molecule has 4 N–H and O–H groups in total. The monoisotopic (exact) mass is 466 g/mol. The molecule has 0 radical (unpaired) electrons. The lowest BCUT2D eigenvalue weighted by atomic mass is 10.0. The lowest BCUT2D eigenvalue weighted by molar-refractivity contribution is -0.121. The van der Waals surface area contributed by atoms with Crippen molar-refractivity contribution in [3.8, 4) is 16.9 Å². The summed E-state index contributed by atoms with van der Waals surface area (Å²) in [5.41, 5.74) is 10.8. The summed E-state index contributed by atoms with van der Waals surface area (Å²) in [6.45, 7) is 2.83. The number of nitrogen functional groups attached to an aromatic ring is 1. The molecule has 174 valence electrons. The van der Waals surface area contributed by atoms with Crippen LogP contribution in [0.4, 0.5) is 17.5 Å². The van der Waals surface area contributed by atoms with Crippen molar-refractivity contribution in [3.63, 3.8) is 0 Å². The van der Waals surface area contributed by atoms with Gasteiger partial charge in [0.2, 0.25) is 5.91 Å². The number of carbonyl (C=O) groups excluding carboxylic acids is 1. The Balaban J connectivity index is 1.36. The van der Waals surface area contributed by atoms with Crippen LogP contribution in [-0.2, 0) is 17.8 Å². The van der Waals surface area contributed by atoms with Crippen molar-refractivity contribution in [1.82, 2.24) is 39.6 Å². The van der Waals surface area contributed by atoms with Crippen LogP contribution in [0.3, 0.4) is 0 Å². The number of aromatic nitrogens is 7. The second-order valence-corrected chi connectivity index (χ2v) is 8.39. The average Bonchev–Trinajstić information content (AvgIpc) is 3.46. The van der Waals surface area contributed by atoms with Gasteiger partial charge in [0.25, 0.3) is 0 Å². The van der Waals surface area contributed by atoms with Crippen molar-refractivity contribution in [1.29, 1.82) is 0 Å². The maximum Gasteiger partial charge on any atom is 0.241 e. The predicted octanol–water partition coefficient (Wildman–Crippen LogP) is 2.38. The molecule has 1 amide bonds. The summed E-state index contributed by atoms with van der Waals surface area (Å²) in [6.07, 6.45) is 11.4. The first-order valence-corrected chi connectivity index (χ1v) is 11.2. The zero-order valence-electron chi connectivity index (χ0n) is 18.9. The number of fused-ring (bicyclic) bond motifs is 2. The van der Waals surface area contributed by atoms with Gasteiger partial charge in [-0.25, -0.2) is 15.0 Å². The van der Waals surface area contributed by atoms with Gasteiger partial charge >= 0.3 is 0 Å². The number of anilines is 3. The van der Waals surface area contributed by atoms with E-state index in [1.807, 2.05) is 35.9 Å². The molecule has 0 aromatic carbocycles. The lowest BCUT2D eigenvalue weighted by Crippen LogP contribution is -2.25. The van der Waals surface area contributed by atoms with Crippen LogP contribution in [0.5, 0.6) is 0 Å². The average molecular weight is 467 g/mol. The molecule has 5 aromatic heterocycles. The Morgan fingerprint density at radius 1 is 1.11 bits per heavy atom. The Bertz CT molecular complexity index is 1570. The van der Waals surface area contributed by atoms with E-state index >= 15 is 0 Å². The lowest BCUT2D eigenvalue weighted by Gasteiger charge is -2.13. The fourth-order valence-corrected chi connectivity index (χ4v) is 4.32. The van der Waals surface area contributed by atoms with Crippen LogP contribution in [0.1, 0.15) is 11.3 Å². The Morgan fingerprint density at radius 3 is 2.89 bits per heavy atom. The highest BCUT2D eigenvalue weighted by Crippen LogP contribution is 2.31. The summed E-state index contributed by atoms with van der Waals surface area (Å²) >= 11 is 0. The van der Waals surface area contributed by atoms with Crippen LogP contribution in [-0.4, -0.2) is 46.7 Å². The minimum Gasteiger partial charge on any atom is -0.383 e. The quantitative estimate of drug-likeness (QED) is 0.367. The number of hydrogen-bond donors (Lipinski definition) is 3. The first kappa shape index (κ1) is 20.8. The molecule has 6 heterocycles. The van der Waals surface area contributed by atoms with Gasteiger partial charge in [0.05, 0.1) is 23.9 Å². The van der Waals surface area contributed by atoms with Gasteiger partial charge < -0.3 is 20.9 Å². The van der Waals surface area contributed by atoms with Crippen LogP contribution in [0.25, 0.3) is 27.7 Å². The minimum atomic E-state index is -0.0420. The molecule has 0 saturated heterocycles. The normalized spacial score (nSPS) is 13.3. The van der Waals surface area contributed by atoms with Gasteiger partial charge in [0, 0.05) is 60.5 Å². The van der Waals surface area contributed by atoms with E-state index in [2.05, 4.69) is 35.7 Å². The minimum absolute atomic E-state index is 0.0420. The molecule has 1 aliphatic heterocycles. The molecule has 0 unspecified atom stereocenters. The topological polar surface area (TPSA) is 141 Å². The van der Waals surface area contributed by atoms with Gasteiger partial charge in [-0.15, -0.1) is 0 Å². The number of nitrogens with one attached hydrogen (secondary N) is 2. The first-order valence-electron chi connectivity index (χ1n) is 11.2. The highest BCUT2D eigenvalue weighted by Gasteiger charge is 2.16. The van der Waals surface area contributed by atoms with Crippen molar-refractivity contribution in [2.75, 3.05) is 17.6 Å². The fourth-order valence-electron chi connectivity index (χ4n) is 4.32. The van der Waals surface area contributed by atoms with Crippen LogP contribution >= 0.6 is 0 Å². The second-order valence-electron chi connectivity index (χ2n) is 8.39. The van der Waals surface area contributed by atoms with Crippen LogP contribution in [0, 0.1) is 6.92 Å². The number of imidazole rings is 1. The van der Waals surface area contributed by atoms with Gasteiger partial charge in [-0.2, -0.15) is 5.10 Å². The van der Waals surface area contributed by atoms with E-state index in [1.54, 1.807) is 35.8 Å².